The van der Waals surface area contributed by atoms with E-state index in [-0.39, 0.29) is 0 Å². The predicted octanol–water partition coefficient (Wildman–Crippen LogP) is 1.53. The summed E-state index contributed by atoms with van der Waals surface area (Å²) >= 11 is 5.98. The Balaban J connectivity index is 1.86. The van der Waals surface area contributed by atoms with Gasteiger partial charge in [-0.3, -0.25) is 0 Å². The summed E-state index contributed by atoms with van der Waals surface area (Å²) in [4.78, 5) is 6.39. The third-order valence-corrected chi connectivity index (χ3v) is 3.15. The van der Waals surface area contributed by atoms with Gasteiger partial charge in [-0.2, -0.15) is 0 Å². The molecular formula is C11H16ClN3. The maximum absolute atomic E-state index is 5.98. The molecule has 3 nitrogen and oxygen atoms in total. The fourth-order valence-electron chi connectivity index (χ4n) is 1.91. The molecule has 1 aromatic heterocycles. The first kappa shape index (κ1) is 10.9. The van der Waals surface area contributed by atoms with E-state index in [1.807, 2.05) is 12.1 Å². The minimum absolute atomic E-state index is 0.589. The Kier molecular flexibility index (Phi) is 3.57. The van der Waals surface area contributed by atoms with E-state index in [1.54, 1.807) is 6.20 Å². The van der Waals surface area contributed by atoms with Crippen molar-refractivity contribution < 1.29 is 0 Å². The van der Waals surface area contributed by atoms with Gasteiger partial charge in [0.25, 0.3) is 0 Å². The zero-order valence-electron chi connectivity index (χ0n) is 8.91. The lowest BCUT2D eigenvalue weighted by atomic mass is 10.2. The SMILES string of the molecule is CN1CCC(NCc2cccnc2Cl)C1. The number of rotatable bonds is 3. The molecule has 1 aliphatic rings. The molecule has 1 aliphatic heterocycles. The summed E-state index contributed by atoms with van der Waals surface area (Å²) in [6.45, 7) is 3.11. The van der Waals surface area contributed by atoms with Crippen LogP contribution in [0.15, 0.2) is 18.3 Å². The molecule has 4 heteroatoms. The average molecular weight is 226 g/mol. The first-order valence-corrected chi connectivity index (χ1v) is 5.65. The van der Waals surface area contributed by atoms with Crippen molar-refractivity contribution >= 4 is 11.6 Å². The summed E-state index contributed by atoms with van der Waals surface area (Å²) in [7, 11) is 2.15. The molecule has 0 aromatic carbocycles. The smallest absolute Gasteiger partial charge is 0.133 e. The zero-order chi connectivity index (χ0) is 10.7. The second kappa shape index (κ2) is 4.92. The molecule has 0 amide bonds. The lowest BCUT2D eigenvalue weighted by molar-refractivity contribution is 0.397. The first-order chi connectivity index (χ1) is 7.25. The summed E-state index contributed by atoms with van der Waals surface area (Å²) in [5.74, 6) is 0. The van der Waals surface area contributed by atoms with Gasteiger partial charge in [-0.15, -0.1) is 0 Å². The highest BCUT2D eigenvalue weighted by atomic mass is 35.5. The summed E-state index contributed by atoms with van der Waals surface area (Å²) in [5.41, 5.74) is 1.08. The number of nitrogens with one attached hydrogen (secondary N) is 1. The molecule has 0 saturated carbocycles. The predicted molar refractivity (Wildman–Crippen MR) is 62.0 cm³/mol. The third-order valence-electron chi connectivity index (χ3n) is 2.81. The number of hydrogen-bond acceptors (Lipinski definition) is 3. The average Bonchev–Trinajstić information content (AvgIpc) is 2.63. The summed E-state index contributed by atoms with van der Waals surface area (Å²) < 4.78 is 0. The van der Waals surface area contributed by atoms with Gasteiger partial charge >= 0.3 is 0 Å². The van der Waals surface area contributed by atoms with Gasteiger partial charge in [0.1, 0.15) is 5.15 Å². The molecule has 2 heterocycles. The maximum atomic E-state index is 5.98. The van der Waals surface area contributed by atoms with Crippen molar-refractivity contribution in [2.45, 2.75) is 19.0 Å². The van der Waals surface area contributed by atoms with Crippen LogP contribution >= 0.6 is 11.6 Å². The van der Waals surface area contributed by atoms with E-state index < -0.39 is 0 Å². The number of halogens is 1. The normalized spacial score (nSPS) is 22.1. The van der Waals surface area contributed by atoms with Gasteiger partial charge in [-0.1, -0.05) is 17.7 Å². The molecule has 82 valence electrons. The Bertz CT molecular complexity index is 329. The van der Waals surface area contributed by atoms with E-state index in [4.69, 9.17) is 11.6 Å². The highest BCUT2D eigenvalue weighted by Crippen LogP contribution is 2.12. The molecule has 2 rings (SSSR count). The van der Waals surface area contributed by atoms with Crippen LogP contribution in [0.4, 0.5) is 0 Å². The highest BCUT2D eigenvalue weighted by Gasteiger charge is 2.18. The molecule has 0 bridgehead atoms. The maximum Gasteiger partial charge on any atom is 0.133 e. The van der Waals surface area contributed by atoms with Crippen LogP contribution < -0.4 is 5.32 Å². The quantitative estimate of drug-likeness (QED) is 0.791. The lowest BCUT2D eigenvalue weighted by Crippen LogP contribution is -2.31. The minimum atomic E-state index is 0.589. The molecule has 15 heavy (non-hydrogen) atoms. The van der Waals surface area contributed by atoms with Gasteiger partial charge in [0.05, 0.1) is 0 Å². The van der Waals surface area contributed by atoms with Gasteiger partial charge in [0, 0.05) is 30.9 Å². The van der Waals surface area contributed by atoms with Crippen molar-refractivity contribution in [1.29, 1.82) is 0 Å². The zero-order valence-corrected chi connectivity index (χ0v) is 9.67. The molecule has 1 unspecified atom stereocenters. The lowest BCUT2D eigenvalue weighted by Gasteiger charge is -2.12. The molecule has 1 N–H and O–H groups in total. The van der Waals surface area contributed by atoms with Gasteiger partial charge in [-0.25, -0.2) is 4.98 Å². The van der Waals surface area contributed by atoms with E-state index in [0.29, 0.717) is 11.2 Å². The van der Waals surface area contributed by atoms with Gasteiger partial charge in [0.15, 0.2) is 0 Å². The van der Waals surface area contributed by atoms with Crippen LogP contribution in [0.25, 0.3) is 0 Å². The number of likely N-dealkylation sites (tertiary alicyclic amines) is 1. The number of likely N-dealkylation sites (N-methyl/N-ethyl adjacent to an activating group) is 1. The second-order valence-electron chi connectivity index (χ2n) is 4.08. The van der Waals surface area contributed by atoms with Gasteiger partial charge in [0.2, 0.25) is 0 Å². The number of hydrogen-bond donors (Lipinski definition) is 1. The van der Waals surface area contributed by atoms with Crippen LogP contribution in [-0.2, 0) is 6.54 Å². The highest BCUT2D eigenvalue weighted by molar-refractivity contribution is 6.30. The van der Waals surface area contributed by atoms with Crippen LogP contribution in [0.1, 0.15) is 12.0 Å². The summed E-state index contributed by atoms with van der Waals surface area (Å²) in [6, 6.07) is 4.52. The fourth-order valence-corrected chi connectivity index (χ4v) is 2.09. The van der Waals surface area contributed by atoms with Crippen LogP contribution in [0.5, 0.6) is 0 Å². The van der Waals surface area contributed by atoms with Crippen molar-refractivity contribution in [3.05, 3.63) is 29.0 Å². The monoisotopic (exact) mass is 225 g/mol. The summed E-state index contributed by atoms with van der Waals surface area (Å²) in [5, 5.41) is 4.11. The molecule has 1 saturated heterocycles. The Morgan fingerprint density at radius 3 is 3.20 bits per heavy atom. The van der Waals surface area contributed by atoms with E-state index in [2.05, 4.69) is 22.2 Å². The van der Waals surface area contributed by atoms with Crippen molar-refractivity contribution in [1.82, 2.24) is 15.2 Å². The van der Waals surface area contributed by atoms with E-state index in [1.165, 1.54) is 13.0 Å². The van der Waals surface area contributed by atoms with Crippen molar-refractivity contribution in [3.8, 4) is 0 Å². The Morgan fingerprint density at radius 1 is 1.67 bits per heavy atom. The molecule has 0 radical (unpaired) electrons. The fraction of sp³-hybridized carbons (Fsp3) is 0.545. The number of pyridine rings is 1. The van der Waals surface area contributed by atoms with Crippen LogP contribution in [0.2, 0.25) is 5.15 Å². The molecule has 1 fully saturated rings. The largest absolute Gasteiger partial charge is 0.308 e. The molecule has 1 aromatic rings. The third kappa shape index (κ3) is 2.91. The van der Waals surface area contributed by atoms with Crippen molar-refractivity contribution in [3.63, 3.8) is 0 Å². The van der Waals surface area contributed by atoms with Crippen molar-refractivity contribution in [2.24, 2.45) is 0 Å². The van der Waals surface area contributed by atoms with E-state index in [0.717, 1.165) is 18.7 Å². The Hall–Kier alpha value is -0.640. The summed E-state index contributed by atoms with van der Waals surface area (Å²) in [6.07, 6.45) is 2.93. The topological polar surface area (TPSA) is 28.2 Å². The molecule has 1 atom stereocenters. The first-order valence-electron chi connectivity index (χ1n) is 5.27. The second-order valence-corrected chi connectivity index (χ2v) is 4.44. The van der Waals surface area contributed by atoms with Crippen molar-refractivity contribution in [2.75, 3.05) is 20.1 Å². The van der Waals surface area contributed by atoms with Crippen LogP contribution in [0, 0.1) is 0 Å². The van der Waals surface area contributed by atoms with Crippen LogP contribution in [-0.4, -0.2) is 36.1 Å². The van der Waals surface area contributed by atoms with E-state index in [9.17, 15) is 0 Å². The molecule has 0 spiro atoms. The number of aromatic nitrogens is 1. The Labute approximate surface area is 95.4 Å². The Morgan fingerprint density at radius 2 is 2.53 bits per heavy atom. The molecular weight excluding hydrogens is 210 g/mol. The molecule has 0 aliphatic carbocycles. The minimum Gasteiger partial charge on any atom is -0.308 e. The van der Waals surface area contributed by atoms with E-state index >= 15 is 0 Å². The van der Waals surface area contributed by atoms with Crippen LogP contribution in [0.3, 0.4) is 0 Å². The number of nitrogens with zero attached hydrogens (tertiary/aromatic N) is 2. The standard InChI is InChI=1S/C11H16ClN3/c1-15-6-4-10(8-15)14-7-9-3-2-5-13-11(9)12/h2-3,5,10,14H,4,6-8H2,1H3. The van der Waals surface area contributed by atoms with Gasteiger partial charge in [-0.05, 0) is 26.1 Å². The van der Waals surface area contributed by atoms with Gasteiger partial charge < -0.3 is 10.2 Å².